The first-order valence-electron chi connectivity index (χ1n) is 7.18. The average molecular weight is 270 g/mol. The number of amides is 1. The van der Waals surface area contributed by atoms with Gasteiger partial charge < -0.3 is 10.2 Å². The fourth-order valence-electron chi connectivity index (χ4n) is 2.69. The Bertz CT molecular complexity index is 547. The summed E-state index contributed by atoms with van der Waals surface area (Å²) < 4.78 is 0. The molecular weight excluding hydrogens is 252 g/mol. The van der Waals surface area contributed by atoms with E-state index >= 15 is 0 Å². The lowest BCUT2D eigenvalue weighted by Crippen LogP contribution is -2.48. The van der Waals surface area contributed by atoms with E-state index in [2.05, 4.69) is 21.3 Å². The van der Waals surface area contributed by atoms with Gasteiger partial charge in [-0.25, -0.2) is 4.98 Å². The number of nitrogens with one attached hydrogen (secondary N) is 1. The highest BCUT2D eigenvalue weighted by Crippen LogP contribution is 2.29. The van der Waals surface area contributed by atoms with E-state index in [-0.39, 0.29) is 17.9 Å². The number of anilines is 1. The summed E-state index contributed by atoms with van der Waals surface area (Å²) in [5.74, 6) is 1.17. The number of hydrogen-bond donors (Lipinski definition) is 1. The van der Waals surface area contributed by atoms with Crippen molar-refractivity contribution in [2.24, 2.45) is 5.92 Å². The van der Waals surface area contributed by atoms with Crippen LogP contribution in [0.5, 0.6) is 0 Å². The van der Waals surface area contributed by atoms with Gasteiger partial charge in [0.1, 0.15) is 11.9 Å². The van der Waals surface area contributed by atoms with Gasteiger partial charge in [0.25, 0.3) is 0 Å². The minimum atomic E-state index is 0.172. The van der Waals surface area contributed by atoms with Crippen LogP contribution in [-0.4, -0.2) is 30.0 Å². The quantitative estimate of drug-likeness (QED) is 0.902. The number of nitrogens with zero attached hydrogens (tertiary/aromatic N) is 3. The van der Waals surface area contributed by atoms with Gasteiger partial charge in [-0.05, 0) is 37.8 Å². The summed E-state index contributed by atoms with van der Waals surface area (Å²) in [7, 11) is 0. The lowest BCUT2D eigenvalue weighted by molar-refractivity contribution is -0.123. The molecule has 5 heteroatoms. The Morgan fingerprint density at radius 1 is 1.45 bits per heavy atom. The zero-order valence-electron chi connectivity index (χ0n) is 11.4. The average Bonchev–Trinajstić information content (AvgIpc) is 3.32. The summed E-state index contributed by atoms with van der Waals surface area (Å²) in [6.45, 7) is 1.63. The van der Waals surface area contributed by atoms with Crippen LogP contribution in [0.3, 0.4) is 0 Å². The number of pyridine rings is 1. The highest BCUT2D eigenvalue weighted by atomic mass is 16.2. The van der Waals surface area contributed by atoms with Gasteiger partial charge in [-0.1, -0.05) is 0 Å². The molecule has 1 aliphatic heterocycles. The van der Waals surface area contributed by atoms with Gasteiger partial charge in [0.2, 0.25) is 5.91 Å². The zero-order valence-corrected chi connectivity index (χ0v) is 11.4. The summed E-state index contributed by atoms with van der Waals surface area (Å²) in [4.78, 5) is 18.3. The molecule has 0 spiro atoms. The topological polar surface area (TPSA) is 69.0 Å². The van der Waals surface area contributed by atoms with Crippen LogP contribution in [0.2, 0.25) is 0 Å². The number of rotatable bonds is 3. The lowest BCUT2D eigenvalue weighted by atomic mass is 10.0. The third kappa shape index (κ3) is 2.74. The summed E-state index contributed by atoms with van der Waals surface area (Å²) in [6.07, 6.45) is 5.78. The Kier molecular flexibility index (Phi) is 3.55. The van der Waals surface area contributed by atoms with Gasteiger partial charge in [-0.2, -0.15) is 5.26 Å². The molecule has 0 aromatic carbocycles. The Balaban J connectivity index is 1.68. The molecule has 2 heterocycles. The summed E-state index contributed by atoms with van der Waals surface area (Å²) in [5.41, 5.74) is 0.599. The molecule has 1 aromatic heterocycles. The summed E-state index contributed by atoms with van der Waals surface area (Å²) >= 11 is 0. The van der Waals surface area contributed by atoms with Gasteiger partial charge >= 0.3 is 0 Å². The summed E-state index contributed by atoms with van der Waals surface area (Å²) in [6, 6.07) is 5.92. The molecule has 2 fully saturated rings. The second-order valence-corrected chi connectivity index (χ2v) is 5.55. The molecule has 20 heavy (non-hydrogen) atoms. The SMILES string of the molecule is N#Cc1cccnc1N1CCCC(NC(=O)C2CC2)C1. The fraction of sp³-hybridized carbons (Fsp3) is 0.533. The van der Waals surface area contributed by atoms with Crippen LogP contribution in [0, 0.1) is 17.2 Å². The Labute approximate surface area is 118 Å². The smallest absolute Gasteiger partial charge is 0.223 e. The standard InChI is InChI=1S/C15H18N4O/c16-9-12-3-1-7-17-14(12)19-8-2-4-13(10-19)18-15(20)11-5-6-11/h1,3,7,11,13H,2,4-6,8,10H2,(H,18,20). The van der Waals surface area contributed by atoms with Crippen molar-refractivity contribution < 1.29 is 4.79 Å². The van der Waals surface area contributed by atoms with Crippen molar-refractivity contribution in [3.05, 3.63) is 23.9 Å². The van der Waals surface area contributed by atoms with Crippen LogP contribution >= 0.6 is 0 Å². The highest BCUT2D eigenvalue weighted by Gasteiger charge is 2.32. The van der Waals surface area contributed by atoms with Crippen LogP contribution < -0.4 is 10.2 Å². The number of aromatic nitrogens is 1. The van der Waals surface area contributed by atoms with Crippen LogP contribution in [0.1, 0.15) is 31.2 Å². The van der Waals surface area contributed by atoms with Gasteiger partial charge in [0.05, 0.1) is 5.56 Å². The first kappa shape index (κ1) is 12.9. The number of piperidine rings is 1. The van der Waals surface area contributed by atoms with Crippen molar-refractivity contribution in [1.29, 1.82) is 5.26 Å². The maximum Gasteiger partial charge on any atom is 0.223 e. The maximum atomic E-state index is 11.8. The number of nitriles is 1. The lowest BCUT2D eigenvalue weighted by Gasteiger charge is -2.34. The predicted molar refractivity (Wildman–Crippen MR) is 75.1 cm³/mol. The van der Waals surface area contributed by atoms with Gasteiger partial charge in [-0.3, -0.25) is 4.79 Å². The molecule has 1 unspecified atom stereocenters. The molecule has 1 aromatic rings. The van der Waals surface area contributed by atoms with E-state index in [1.807, 2.05) is 0 Å². The van der Waals surface area contributed by atoms with Crippen molar-refractivity contribution in [3.63, 3.8) is 0 Å². The molecular formula is C15H18N4O. The van der Waals surface area contributed by atoms with E-state index in [4.69, 9.17) is 5.26 Å². The molecule has 5 nitrogen and oxygen atoms in total. The molecule has 3 rings (SSSR count). The molecule has 2 aliphatic rings. The Hall–Kier alpha value is -2.09. The molecule has 1 aliphatic carbocycles. The third-order valence-corrected chi connectivity index (χ3v) is 3.92. The fourth-order valence-corrected chi connectivity index (χ4v) is 2.69. The number of carbonyl (C=O) groups is 1. The van der Waals surface area contributed by atoms with E-state index in [0.717, 1.165) is 44.6 Å². The minimum Gasteiger partial charge on any atom is -0.353 e. The number of hydrogen-bond acceptors (Lipinski definition) is 4. The zero-order chi connectivity index (χ0) is 13.9. The molecule has 1 atom stereocenters. The first-order valence-corrected chi connectivity index (χ1v) is 7.18. The van der Waals surface area contributed by atoms with Crippen molar-refractivity contribution in [1.82, 2.24) is 10.3 Å². The second-order valence-electron chi connectivity index (χ2n) is 5.55. The molecule has 1 N–H and O–H groups in total. The minimum absolute atomic E-state index is 0.172. The van der Waals surface area contributed by atoms with Crippen LogP contribution in [0.15, 0.2) is 18.3 Å². The van der Waals surface area contributed by atoms with Gasteiger partial charge in [0.15, 0.2) is 0 Å². The van der Waals surface area contributed by atoms with Crippen molar-refractivity contribution in [2.45, 2.75) is 31.7 Å². The summed E-state index contributed by atoms with van der Waals surface area (Å²) in [5, 5.41) is 12.3. The molecule has 0 bridgehead atoms. The van der Waals surface area contributed by atoms with E-state index in [9.17, 15) is 4.79 Å². The monoisotopic (exact) mass is 270 g/mol. The van der Waals surface area contributed by atoms with Crippen molar-refractivity contribution in [2.75, 3.05) is 18.0 Å². The molecule has 0 radical (unpaired) electrons. The van der Waals surface area contributed by atoms with Crippen molar-refractivity contribution >= 4 is 11.7 Å². The normalized spacial score (nSPS) is 22.1. The highest BCUT2D eigenvalue weighted by molar-refractivity contribution is 5.81. The Morgan fingerprint density at radius 3 is 3.05 bits per heavy atom. The maximum absolute atomic E-state index is 11.8. The molecule has 1 amide bonds. The third-order valence-electron chi connectivity index (χ3n) is 3.92. The van der Waals surface area contributed by atoms with Gasteiger partial charge in [-0.15, -0.1) is 0 Å². The van der Waals surface area contributed by atoms with Crippen LogP contribution in [0.4, 0.5) is 5.82 Å². The van der Waals surface area contributed by atoms with Crippen LogP contribution in [-0.2, 0) is 4.79 Å². The first-order chi connectivity index (χ1) is 9.78. The predicted octanol–water partition coefficient (Wildman–Crippen LogP) is 1.45. The van der Waals surface area contributed by atoms with E-state index < -0.39 is 0 Å². The largest absolute Gasteiger partial charge is 0.353 e. The van der Waals surface area contributed by atoms with Gasteiger partial charge in [0, 0.05) is 31.2 Å². The molecule has 104 valence electrons. The molecule has 1 saturated carbocycles. The molecule has 1 saturated heterocycles. The van der Waals surface area contributed by atoms with E-state index in [0.29, 0.717) is 5.56 Å². The van der Waals surface area contributed by atoms with E-state index in [1.165, 1.54) is 0 Å². The second kappa shape index (κ2) is 5.49. The van der Waals surface area contributed by atoms with Crippen LogP contribution in [0.25, 0.3) is 0 Å². The number of carbonyl (C=O) groups excluding carboxylic acids is 1. The van der Waals surface area contributed by atoms with Crippen molar-refractivity contribution in [3.8, 4) is 6.07 Å². The van der Waals surface area contributed by atoms with E-state index in [1.54, 1.807) is 18.3 Å². The Morgan fingerprint density at radius 2 is 2.30 bits per heavy atom.